The number of hydrogen-bond acceptors (Lipinski definition) is 10. The van der Waals surface area contributed by atoms with Gasteiger partial charge in [0.1, 0.15) is 22.0 Å². The molecule has 4 aromatic rings. The predicted molar refractivity (Wildman–Crippen MR) is 148 cm³/mol. The van der Waals surface area contributed by atoms with Crippen molar-refractivity contribution >= 4 is 60.7 Å². The number of methoxy groups -OCH3 is 1. The third-order valence-electron chi connectivity index (χ3n) is 6.22. The molecule has 204 valence electrons. The number of benzene rings is 1. The number of carbonyl (C=O) groups is 1. The third kappa shape index (κ3) is 5.32. The molecule has 3 aromatic heterocycles. The van der Waals surface area contributed by atoms with E-state index in [4.69, 9.17) is 16.3 Å². The van der Waals surface area contributed by atoms with Crippen molar-refractivity contribution in [2.24, 2.45) is 0 Å². The van der Waals surface area contributed by atoms with Gasteiger partial charge in [-0.15, -0.1) is 11.3 Å². The molecule has 0 bridgehead atoms. The van der Waals surface area contributed by atoms with Crippen LogP contribution in [-0.2, 0) is 21.4 Å². The number of aromatic nitrogens is 4. The Labute approximate surface area is 232 Å². The molecule has 0 spiro atoms. The molecule has 0 atom stereocenters. The van der Waals surface area contributed by atoms with Crippen LogP contribution in [0, 0.1) is 6.92 Å². The number of amides is 1. The van der Waals surface area contributed by atoms with E-state index in [9.17, 15) is 18.0 Å². The van der Waals surface area contributed by atoms with Crippen molar-refractivity contribution in [3.63, 3.8) is 0 Å². The van der Waals surface area contributed by atoms with Gasteiger partial charge in [0.05, 0.1) is 23.8 Å². The zero-order valence-corrected chi connectivity index (χ0v) is 23.4. The zero-order valence-electron chi connectivity index (χ0n) is 21.0. The SMILES string of the molecule is COc1ccc(NC(=O)Cn2cnc3sc(C)c(S(=O)(=O)N4CCN(c5ncccn5)CC4)c3c2=O)cc1Cl. The van der Waals surface area contributed by atoms with Crippen LogP contribution in [0.3, 0.4) is 0 Å². The maximum atomic E-state index is 13.7. The van der Waals surface area contributed by atoms with E-state index < -0.39 is 21.5 Å². The van der Waals surface area contributed by atoms with Crippen LogP contribution in [0.5, 0.6) is 5.75 Å². The smallest absolute Gasteiger partial charge is 0.263 e. The van der Waals surface area contributed by atoms with Gasteiger partial charge in [-0.1, -0.05) is 11.6 Å². The second-order valence-corrected chi connectivity index (χ2v) is 12.2. The van der Waals surface area contributed by atoms with Crippen LogP contribution in [-0.4, -0.2) is 71.4 Å². The van der Waals surface area contributed by atoms with Crippen molar-refractivity contribution in [3.05, 3.63) is 63.2 Å². The minimum absolute atomic E-state index is 0.0193. The molecule has 39 heavy (non-hydrogen) atoms. The molecule has 12 nitrogen and oxygen atoms in total. The Hall–Kier alpha value is -3.59. The molecule has 5 rings (SSSR count). The first-order valence-corrected chi connectivity index (χ1v) is 14.5. The summed E-state index contributed by atoms with van der Waals surface area (Å²) >= 11 is 7.25. The summed E-state index contributed by atoms with van der Waals surface area (Å²) in [5.41, 5.74) is -0.190. The molecule has 1 amide bonds. The molecule has 0 aliphatic carbocycles. The lowest BCUT2D eigenvalue weighted by Gasteiger charge is -2.33. The van der Waals surface area contributed by atoms with E-state index in [-0.39, 0.29) is 29.9 Å². The molecule has 1 aliphatic heterocycles. The van der Waals surface area contributed by atoms with Crippen molar-refractivity contribution in [1.29, 1.82) is 0 Å². The average Bonchev–Trinajstić information content (AvgIpc) is 3.28. The van der Waals surface area contributed by atoms with Gasteiger partial charge >= 0.3 is 0 Å². The van der Waals surface area contributed by atoms with Gasteiger partial charge in [0.25, 0.3) is 5.56 Å². The lowest BCUT2D eigenvalue weighted by molar-refractivity contribution is -0.116. The number of carbonyl (C=O) groups excluding carboxylic acids is 1. The standard InChI is InChI=1S/C24H24ClN7O5S2/c1-15-21(39(35,36)32-10-8-30(9-11-32)24-26-6-3-7-27-24)20-22(38-15)28-14-31(23(20)34)13-19(33)29-16-4-5-18(37-2)17(25)12-16/h3-7,12,14H,8-11,13H2,1-2H3,(H,29,33). The van der Waals surface area contributed by atoms with Crippen molar-refractivity contribution in [1.82, 2.24) is 23.8 Å². The number of thiophene rings is 1. The highest BCUT2D eigenvalue weighted by Gasteiger charge is 2.34. The van der Waals surface area contributed by atoms with Crippen LogP contribution in [0.1, 0.15) is 4.88 Å². The van der Waals surface area contributed by atoms with E-state index in [2.05, 4.69) is 20.3 Å². The van der Waals surface area contributed by atoms with Crippen LogP contribution < -0.4 is 20.5 Å². The highest BCUT2D eigenvalue weighted by molar-refractivity contribution is 7.89. The number of halogens is 1. The third-order valence-corrected chi connectivity index (χ3v) is 9.73. The topological polar surface area (TPSA) is 140 Å². The number of fused-ring (bicyclic) bond motifs is 1. The second kappa shape index (κ2) is 10.9. The summed E-state index contributed by atoms with van der Waals surface area (Å²) < 4.78 is 35.0. The molecule has 15 heteroatoms. The minimum Gasteiger partial charge on any atom is -0.495 e. The lowest BCUT2D eigenvalue weighted by atomic mass is 10.3. The summed E-state index contributed by atoms with van der Waals surface area (Å²) in [6, 6.07) is 6.46. The van der Waals surface area contributed by atoms with Crippen LogP contribution in [0.15, 0.2) is 52.7 Å². The van der Waals surface area contributed by atoms with Gasteiger partial charge in [-0.05, 0) is 31.2 Å². The number of piperazine rings is 1. The first-order valence-electron chi connectivity index (χ1n) is 11.8. The molecule has 1 saturated heterocycles. The van der Waals surface area contributed by atoms with Crippen molar-refractivity contribution < 1.29 is 17.9 Å². The van der Waals surface area contributed by atoms with Crippen LogP contribution in [0.25, 0.3) is 10.2 Å². The Balaban J connectivity index is 1.39. The normalized spacial score (nSPS) is 14.5. The maximum Gasteiger partial charge on any atom is 0.263 e. The van der Waals surface area contributed by atoms with Gasteiger partial charge in [0.2, 0.25) is 21.9 Å². The molecule has 0 saturated carbocycles. The molecule has 0 radical (unpaired) electrons. The maximum absolute atomic E-state index is 13.7. The number of nitrogens with zero attached hydrogens (tertiary/aromatic N) is 6. The van der Waals surface area contributed by atoms with Gasteiger partial charge in [0, 0.05) is 49.1 Å². The number of rotatable bonds is 7. The van der Waals surface area contributed by atoms with Crippen LogP contribution in [0.2, 0.25) is 5.02 Å². The molecular formula is C24H24ClN7O5S2. The zero-order chi connectivity index (χ0) is 27.7. The van der Waals surface area contributed by atoms with E-state index in [1.54, 1.807) is 37.5 Å². The number of aryl methyl sites for hydroxylation is 1. The largest absolute Gasteiger partial charge is 0.495 e. The fraction of sp³-hybridized carbons (Fsp3) is 0.292. The summed E-state index contributed by atoms with van der Waals surface area (Å²) in [5, 5.41) is 2.97. The lowest BCUT2D eigenvalue weighted by Crippen LogP contribution is -2.49. The number of anilines is 2. The summed E-state index contributed by atoms with van der Waals surface area (Å²) in [4.78, 5) is 41.5. The molecule has 1 fully saturated rings. The highest BCUT2D eigenvalue weighted by Crippen LogP contribution is 2.33. The average molecular weight is 590 g/mol. The van der Waals surface area contributed by atoms with Gasteiger partial charge < -0.3 is 15.0 Å². The summed E-state index contributed by atoms with van der Waals surface area (Å²) in [6.07, 6.45) is 4.52. The Kier molecular flexibility index (Phi) is 7.53. The molecular weight excluding hydrogens is 566 g/mol. The van der Waals surface area contributed by atoms with E-state index in [0.717, 1.165) is 15.9 Å². The fourth-order valence-corrected chi connectivity index (χ4v) is 7.69. The van der Waals surface area contributed by atoms with Crippen molar-refractivity contribution in [2.75, 3.05) is 43.5 Å². The Morgan fingerprint density at radius 2 is 1.87 bits per heavy atom. The highest BCUT2D eigenvalue weighted by atomic mass is 35.5. The monoisotopic (exact) mass is 589 g/mol. The first-order chi connectivity index (χ1) is 18.7. The second-order valence-electron chi connectivity index (χ2n) is 8.68. The Morgan fingerprint density at radius 3 is 2.54 bits per heavy atom. The Morgan fingerprint density at radius 1 is 1.15 bits per heavy atom. The number of sulfonamides is 1. The fourth-order valence-electron chi connectivity index (χ4n) is 4.35. The van der Waals surface area contributed by atoms with E-state index in [0.29, 0.717) is 45.2 Å². The quantitative estimate of drug-likeness (QED) is 0.344. The predicted octanol–water partition coefficient (Wildman–Crippen LogP) is 2.37. The van der Waals surface area contributed by atoms with Gasteiger partial charge in [-0.3, -0.25) is 14.2 Å². The van der Waals surface area contributed by atoms with Crippen LogP contribution in [0.4, 0.5) is 11.6 Å². The van der Waals surface area contributed by atoms with Crippen molar-refractivity contribution in [2.45, 2.75) is 18.4 Å². The van der Waals surface area contributed by atoms with E-state index >= 15 is 0 Å². The minimum atomic E-state index is -4.01. The molecule has 1 aliphatic rings. The first kappa shape index (κ1) is 27.0. The Bertz CT molecular complexity index is 1700. The van der Waals surface area contributed by atoms with Gasteiger partial charge in [-0.25, -0.2) is 23.4 Å². The number of hydrogen-bond donors (Lipinski definition) is 1. The van der Waals surface area contributed by atoms with Gasteiger partial charge in [-0.2, -0.15) is 4.31 Å². The molecule has 1 aromatic carbocycles. The summed E-state index contributed by atoms with van der Waals surface area (Å²) in [7, 11) is -2.53. The van der Waals surface area contributed by atoms with E-state index in [1.165, 1.54) is 23.8 Å². The molecule has 4 heterocycles. The van der Waals surface area contributed by atoms with Crippen molar-refractivity contribution in [3.8, 4) is 5.75 Å². The summed E-state index contributed by atoms with van der Waals surface area (Å²) in [5.74, 6) is 0.487. The molecule has 1 N–H and O–H groups in total. The van der Waals surface area contributed by atoms with Crippen LogP contribution >= 0.6 is 22.9 Å². The van der Waals surface area contributed by atoms with E-state index in [1.807, 2.05) is 4.90 Å². The molecule has 0 unspecified atom stereocenters. The number of ether oxygens (including phenoxy) is 1. The summed E-state index contributed by atoms with van der Waals surface area (Å²) in [6.45, 7) is 2.51. The number of nitrogens with one attached hydrogen (secondary N) is 1. The van der Waals surface area contributed by atoms with Gasteiger partial charge in [0.15, 0.2) is 0 Å².